The topological polar surface area (TPSA) is 56.9 Å². The number of nitrogens with one attached hydrogen (secondary N) is 1. The fourth-order valence-electron chi connectivity index (χ4n) is 2.60. The molecule has 1 aliphatic rings. The van der Waals surface area contributed by atoms with Crippen molar-refractivity contribution in [2.75, 3.05) is 19.6 Å². The highest BCUT2D eigenvalue weighted by Gasteiger charge is 2.22. The molecule has 1 unspecified atom stereocenters. The minimum absolute atomic E-state index is 0.0351. The van der Waals surface area contributed by atoms with Crippen LogP contribution in [0.15, 0.2) is 12.3 Å². The van der Waals surface area contributed by atoms with Gasteiger partial charge in [0.05, 0.1) is 17.8 Å². The third-order valence-corrected chi connectivity index (χ3v) is 3.85. The van der Waals surface area contributed by atoms with Crippen LogP contribution in [-0.2, 0) is 6.54 Å². The van der Waals surface area contributed by atoms with Gasteiger partial charge in [0.1, 0.15) is 6.04 Å². The van der Waals surface area contributed by atoms with Gasteiger partial charge in [-0.15, -0.1) is 0 Å². The summed E-state index contributed by atoms with van der Waals surface area (Å²) in [7, 11) is 0. The first-order chi connectivity index (χ1) is 9.28. The second-order valence-corrected chi connectivity index (χ2v) is 5.08. The lowest BCUT2D eigenvalue weighted by Crippen LogP contribution is -2.50. The maximum Gasteiger partial charge on any atom is 0.111 e. The highest BCUT2D eigenvalue weighted by Crippen LogP contribution is 2.16. The van der Waals surface area contributed by atoms with Crippen molar-refractivity contribution in [1.29, 1.82) is 5.26 Å². The fourth-order valence-corrected chi connectivity index (χ4v) is 2.60. The van der Waals surface area contributed by atoms with Crippen molar-refractivity contribution in [3.05, 3.63) is 18.0 Å². The second-order valence-electron chi connectivity index (χ2n) is 5.08. The first-order valence-corrected chi connectivity index (χ1v) is 7.16. The van der Waals surface area contributed by atoms with Crippen molar-refractivity contribution in [3.8, 4) is 6.07 Å². The monoisotopic (exact) mass is 261 g/mol. The molecule has 2 rings (SSSR count). The van der Waals surface area contributed by atoms with Gasteiger partial charge in [0.2, 0.25) is 0 Å². The maximum atomic E-state index is 9.15. The Balaban J connectivity index is 2.01. The van der Waals surface area contributed by atoms with Crippen LogP contribution in [0.2, 0.25) is 0 Å². The predicted molar refractivity (Wildman–Crippen MR) is 74.5 cm³/mol. The molecule has 1 atom stereocenters. The van der Waals surface area contributed by atoms with E-state index in [1.54, 1.807) is 0 Å². The third-order valence-electron chi connectivity index (χ3n) is 3.85. The standard InChI is InChI=1S/C14H23N5/c1-3-13(4-2)19-7-5-12(17-19)11-18-8-6-16-10-14(18)9-15/h5,7,13-14,16H,3-4,6,8,10-11H2,1-2H3. The van der Waals surface area contributed by atoms with E-state index < -0.39 is 0 Å². The number of hydrogen-bond donors (Lipinski definition) is 1. The molecular formula is C14H23N5. The van der Waals surface area contributed by atoms with Crippen molar-refractivity contribution < 1.29 is 0 Å². The summed E-state index contributed by atoms with van der Waals surface area (Å²) >= 11 is 0. The number of aromatic nitrogens is 2. The molecule has 1 N–H and O–H groups in total. The summed E-state index contributed by atoms with van der Waals surface area (Å²) in [5, 5.41) is 17.1. The summed E-state index contributed by atoms with van der Waals surface area (Å²) in [6.45, 7) is 7.77. The molecule has 5 heteroatoms. The lowest BCUT2D eigenvalue weighted by molar-refractivity contribution is 0.186. The van der Waals surface area contributed by atoms with Gasteiger partial charge in [-0.2, -0.15) is 10.4 Å². The second kappa shape index (κ2) is 6.69. The van der Waals surface area contributed by atoms with Crippen LogP contribution in [0.4, 0.5) is 0 Å². The maximum absolute atomic E-state index is 9.15. The van der Waals surface area contributed by atoms with Gasteiger partial charge in [0.25, 0.3) is 0 Å². The van der Waals surface area contributed by atoms with E-state index in [1.807, 2.05) is 0 Å². The third kappa shape index (κ3) is 3.34. The molecular weight excluding hydrogens is 238 g/mol. The Hall–Kier alpha value is -1.38. The number of piperazine rings is 1. The Morgan fingerprint density at radius 1 is 1.53 bits per heavy atom. The quantitative estimate of drug-likeness (QED) is 0.873. The van der Waals surface area contributed by atoms with Gasteiger partial charge in [-0.3, -0.25) is 9.58 Å². The number of rotatable bonds is 5. The summed E-state index contributed by atoms with van der Waals surface area (Å²) < 4.78 is 2.07. The molecule has 19 heavy (non-hydrogen) atoms. The first kappa shape index (κ1) is 14.0. The largest absolute Gasteiger partial charge is 0.313 e. The molecule has 5 nitrogen and oxygen atoms in total. The summed E-state index contributed by atoms with van der Waals surface area (Å²) in [4.78, 5) is 2.20. The molecule has 1 aromatic rings. The molecule has 1 aliphatic heterocycles. The van der Waals surface area contributed by atoms with Crippen LogP contribution in [0, 0.1) is 11.3 Å². The van der Waals surface area contributed by atoms with Gasteiger partial charge >= 0.3 is 0 Å². The Morgan fingerprint density at radius 2 is 2.32 bits per heavy atom. The van der Waals surface area contributed by atoms with Gasteiger partial charge in [0.15, 0.2) is 0 Å². The van der Waals surface area contributed by atoms with Gasteiger partial charge in [-0.25, -0.2) is 0 Å². The van der Waals surface area contributed by atoms with Crippen LogP contribution in [0.5, 0.6) is 0 Å². The first-order valence-electron chi connectivity index (χ1n) is 7.16. The molecule has 0 aromatic carbocycles. The zero-order valence-corrected chi connectivity index (χ0v) is 11.8. The van der Waals surface area contributed by atoms with E-state index >= 15 is 0 Å². The van der Waals surface area contributed by atoms with E-state index in [0.717, 1.165) is 44.7 Å². The van der Waals surface area contributed by atoms with Crippen molar-refractivity contribution in [3.63, 3.8) is 0 Å². The minimum Gasteiger partial charge on any atom is -0.313 e. The predicted octanol–water partition coefficient (Wildman–Crippen LogP) is 1.54. The molecule has 0 bridgehead atoms. The van der Waals surface area contributed by atoms with E-state index in [9.17, 15) is 0 Å². The summed E-state index contributed by atoms with van der Waals surface area (Å²) in [6, 6.07) is 4.89. The van der Waals surface area contributed by atoms with E-state index in [-0.39, 0.29) is 6.04 Å². The number of nitrogens with zero attached hydrogens (tertiary/aromatic N) is 4. The van der Waals surface area contributed by atoms with Crippen LogP contribution in [0.3, 0.4) is 0 Å². The number of nitriles is 1. The Kier molecular flexibility index (Phi) is 4.94. The lowest BCUT2D eigenvalue weighted by atomic mass is 10.2. The average molecular weight is 261 g/mol. The zero-order chi connectivity index (χ0) is 13.7. The van der Waals surface area contributed by atoms with Crippen LogP contribution < -0.4 is 5.32 Å². The van der Waals surface area contributed by atoms with Crippen LogP contribution in [0.1, 0.15) is 38.4 Å². The molecule has 0 radical (unpaired) electrons. The van der Waals surface area contributed by atoms with Crippen LogP contribution in [0.25, 0.3) is 0 Å². The molecule has 2 heterocycles. The van der Waals surface area contributed by atoms with E-state index in [4.69, 9.17) is 5.26 Å². The highest BCUT2D eigenvalue weighted by molar-refractivity contribution is 5.04. The van der Waals surface area contributed by atoms with E-state index in [1.165, 1.54) is 0 Å². The molecule has 0 aliphatic carbocycles. The fraction of sp³-hybridized carbons (Fsp3) is 0.714. The van der Waals surface area contributed by atoms with Crippen molar-refractivity contribution in [2.45, 2.75) is 45.3 Å². The van der Waals surface area contributed by atoms with Crippen LogP contribution in [-0.4, -0.2) is 40.4 Å². The van der Waals surface area contributed by atoms with Crippen molar-refractivity contribution in [1.82, 2.24) is 20.0 Å². The highest BCUT2D eigenvalue weighted by atomic mass is 15.3. The van der Waals surface area contributed by atoms with Gasteiger partial charge < -0.3 is 5.32 Å². The summed E-state index contributed by atoms with van der Waals surface area (Å²) in [5.74, 6) is 0. The minimum atomic E-state index is -0.0351. The van der Waals surface area contributed by atoms with Gasteiger partial charge in [-0.1, -0.05) is 13.8 Å². The normalized spacial score (nSPS) is 20.6. The van der Waals surface area contributed by atoms with Gasteiger partial charge in [0, 0.05) is 32.4 Å². The molecule has 0 spiro atoms. The summed E-state index contributed by atoms with van der Waals surface area (Å²) in [5.41, 5.74) is 1.06. The van der Waals surface area contributed by atoms with Crippen molar-refractivity contribution in [2.24, 2.45) is 0 Å². The average Bonchev–Trinajstić information content (AvgIpc) is 2.89. The van der Waals surface area contributed by atoms with Gasteiger partial charge in [-0.05, 0) is 18.9 Å². The van der Waals surface area contributed by atoms with Crippen molar-refractivity contribution >= 4 is 0 Å². The Bertz CT molecular complexity index is 429. The Labute approximate surface area is 115 Å². The van der Waals surface area contributed by atoms with Crippen LogP contribution >= 0.6 is 0 Å². The van der Waals surface area contributed by atoms with E-state index in [2.05, 4.69) is 52.2 Å². The zero-order valence-electron chi connectivity index (χ0n) is 11.8. The molecule has 104 valence electrons. The SMILES string of the molecule is CCC(CC)n1ccc(CN2CCNCC2C#N)n1. The molecule has 0 saturated carbocycles. The summed E-state index contributed by atoms with van der Waals surface area (Å²) in [6.07, 6.45) is 4.27. The van der Waals surface area contributed by atoms with E-state index in [0.29, 0.717) is 6.04 Å². The molecule has 1 saturated heterocycles. The molecule has 1 fully saturated rings. The lowest BCUT2D eigenvalue weighted by Gasteiger charge is -2.31. The smallest absolute Gasteiger partial charge is 0.111 e. The number of hydrogen-bond acceptors (Lipinski definition) is 4. The Morgan fingerprint density at radius 3 is 3.00 bits per heavy atom. The molecule has 1 aromatic heterocycles. The molecule has 0 amide bonds.